The lowest BCUT2D eigenvalue weighted by molar-refractivity contribution is -0.123. The summed E-state index contributed by atoms with van der Waals surface area (Å²) in [5.41, 5.74) is 1.58. The molecule has 1 saturated carbocycles. The topological polar surface area (TPSA) is 125 Å². The highest BCUT2D eigenvalue weighted by Gasteiger charge is 2.24. The van der Waals surface area contributed by atoms with Gasteiger partial charge in [0.25, 0.3) is 0 Å². The molecule has 3 amide bonds. The Labute approximate surface area is 190 Å². The Kier molecular flexibility index (Phi) is 8.13. The number of nitrogens with zero attached hydrogens (tertiary/aromatic N) is 2. The molecule has 4 N–H and O–H groups in total. The minimum atomic E-state index is -3.74. The molecular weight excluding hydrogens is 430 g/mol. The first-order chi connectivity index (χ1) is 15.1. The number of rotatable bonds is 6. The van der Waals surface area contributed by atoms with E-state index in [0.717, 1.165) is 29.9 Å². The molecule has 0 bridgehead atoms. The van der Waals surface area contributed by atoms with Gasteiger partial charge >= 0.3 is 6.03 Å². The van der Waals surface area contributed by atoms with Crippen LogP contribution >= 0.6 is 0 Å². The molecule has 1 aromatic rings. The van der Waals surface area contributed by atoms with Crippen LogP contribution in [-0.4, -0.2) is 68.9 Å². The van der Waals surface area contributed by atoms with E-state index in [-0.39, 0.29) is 16.8 Å². The van der Waals surface area contributed by atoms with Gasteiger partial charge in [0.2, 0.25) is 15.9 Å². The molecule has 0 unspecified atom stereocenters. The molecule has 1 saturated heterocycles. The largest absolute Gasteiger partial charge is 0.352 e. The van der Waals surface area contributed by atoms with Crippen LogP contribution in [0.5, 0.6) is 0 Å². The van der Waals surface area contributed by atoms with E-state index in [2.05, 4.69) is 22.5 Å². The molecule has 0 aromatic heterocycles. The fourth-order valence-electron chi connectivity index (χ4n) is 4.32. The number of piperazine rings is 1. The molecule has 1 aliphatic carbocycles. The second-order valence-electron chi connectivity index (χ2n) is 9.08. The van der Waals surface area contributed by atoms with Crippen molar-refractivity contribution in [3.8, 4) is 0 Å². The summed E-state index contributed by atoms with van der Waals surface area (Å²) in [6.45, 7) is 7.16. The van der Waals surface area contributed by atoms with E-state index in [9.17, 15) is 18.0 Å². The maximum Gasteiger partial charge on any atom is 0.317 e. The molecule has 2 aliphatic rings. The third-order valence-electron chi connectivity index (χ3n) is 6.48. The van der Waals surface area contributed by atoms with Crippen LogP contribution in [0.2, 0.25) is 0 Å². The lowest BCUT2D eigenvalue weighted by atomic mass is 9.87. The standard InChI is InChI=1S/C22H35N5O4S/c1-16-3-6-19(7-4-16)25-21(28)15-26-9-11-27(12-10-26)22(29)24-14-18-5-8-20(13-17(18)2)32(23,30)31/h5,8,13,16,19H,3-4,6-7,9-12,14-15H2,1-2H3,(H,24,29)(H,25,28)(H2,23,30,31). The summed E-state index contributed by atoms with van der Waals surface area (Å²) in [5.74, 6) is 0.827. The molecule has 178 valence electrons. The third kappa shape index (κ3) is 6.91. The maximum atomic E-state index is 12.5. The van der Waals surface area contributed by atoms with Crippen molar-refractivity contribution in [1.82, 2.24) is 20.4 Å². The molecule has 9 nitrogen and oxygen atoms in total. The van der Waals surface area contributed by atoms with Crippen molar-refractivity contribution in [1.29, 1.82) is 0 Å². The Bertz CT molecular complexity index is 920. The van der Waals surface area contributed by atoms with Crippen LogP contribution in [0.3, 0.4) is 0 Å². The van der Waals surface area contributed by atoms with Gasteiger partial charge in [-0.2, -0.15) is 0 Å². The number of hydrogen-bond donors (Lipinski definition) is 3. The van der Waals surface area contributed by atoms with Crippen molar-refractivity contribution in [3.05, 3.63) is 29.3 Å². The van der Waals surface area contributed by atoms with E-state index in [1.54, 1.807) is 17.9 Å². The van der Waals surface area contributed by atoms with Crippen molar-refractivity contribution < 1.29 is 18.0 Å². The summed E-state index contributed by atoms with van der Waals surface area (Å²) in [6.07, 6.45) is 4.47. The van der Waals surface area contributed by atoms with Crippen LogP contribution in [0.15, 0.2) is 23.1 Å². The lowest BCUT2D eigenvalue weighted by Crippen LogP contribution is -2.54. The summed E-state index contributed by atoms with van der Waals surface area (Å²) in [7, 11) is -3.74. The van der Waals surface area contributed by atoms with E-state index < -0.39 is 10.0 Å². The van der Waals surface area contributed by atoms with Crippen LogP contribution < -0.4 is 15.8 Å². The highest BCUT2D eigenvalue weighted by Crippen LogP contribution is 2.23. The Morgan fingerprint density at radius 2 is 1.75 bits per heavy atom. The second-order valence-corrected chi connectivity index (χ2v) is 10.6. The number of amides is 3. The lowest BCUT2D eigenvalue weighted by Gasteiger charge is -2.35. The second kappa shape index (κ2) is 10.6. The molecule has 0 spiro atoms. The molecule has 1 aromatic carbocycles. The van der Waals surface area contributed by atoms with Gasteiger partial charge < -0.3 is 15.5 Å². The average Bonchev–Trinajstić information content (AvgIpc) is 2.74. The number of carbonyl (C=O) groups excluding carboxylic acids is 2. The smallest absolute Gasteiger partial charge is 0.317 e. The minimum Gasteiger partial charge on any atom is -0.352 e. The SMILES string of the molecule is Cc1cc(S(N)(=O)=O)ccc1CNC(=O)N1CCN(CC(=O)NC2CCC(C)CC2)CC1. The van der Waals surface area contributed by atoms with Gasteiger partial charge in [0, 0.05) is 38.8 Å². The summed E-state index contributed by atoms with van der Waals surface area (Å²) < 4.78 is 22.9. The quantitative estimate of drug-likeness (QED) is 0.582. The fourth-order valence-corrected chi connectivity index (χ4v) is 4.91. The van der Waals surface area contributed by atoms with Crippen molar-refractivity contribution in [2.75, 3.05) is 32.7 Å². The summed E-state index contributed by atoms with van der Waals surface area (Å²) in [4.78, 5) is 28.8. The highest BCUT2D eigenvalue weighted by molar-refractivity contribution is 7.89. The van der Waals surface area contributed by atoms with E-state index in [1.165, 1.54) is 25.0 Å². The normalized spacial score (nSPS) is 22.4. The van der Waals surface area contributed by atoms with Crippen LogP contribution in [0.4, 0.5) is 4.79 Å². The molecule has 10 heteroatoms. The predicted molar refractivity (Wildman–Crippen MR) is 122 cm³/mol. The highest BCUT2D eigenvalue weighted by atomic mass is 32.2. The number of carbonyl (C=O) groups is 2. The Morgan fingerprint density at radius 3 is 2.34 bits per heavy atom. The first-order valence-corrected chi connectivity index (χ1v) is 12.8. The number of aryl methyl sites for hydroxylation is 1. The molecule has 3 rings (SSSR count). The summed E-state index contributed by atoms with van der Waals surface area (Å²) in [6, 6.07) is 4.75. The van der Waals surface area contributed by atoms with Crippen LogP contribution in [-0.2, 0) is 21.4 Å². The number of hydrogen-bond acceptors (Lipinski definition) is 5. The van der Waals surface area contributed by atoms with Gasteiger partial charge in [-0.15, -0.1) is 0 Å². The monoisotopic (exact) mass is 465 g/mol. The zero-order valence-corrected chi connectivity index (χ0v) is 19.8. The van der Waals surface area contributed by atoms with Crippen molar-refractivity contribution in [2.45, 2.75) is 57.0 Å². The van der Waals surface area contributed by atoms with Crippen LogP contribution in [0, 0.1) is 12.8 Å². The number of nitrogens with two attached hydrogens (primary N) is 1. The molecule has 2 fully saturated rings. The maximum absolute atomic E-state index is 12.5. The summed E-state index contributed by atoms with van der Waals surface area (Å²) >= 11 is 0. The van der Waals surface area contributed by atoms with Crippen molar-refractivity contribution >= 4 is 22.0 Å². The number of urea groups is 1. The van der Waals surface area contributed by atoms with E-state index in [1.807, 2.05) is 0 Å². The molecular formula is C22H35N5O4S. The summed E-state index contributed by atoms with van der Waals surface area (Å²) in [5, 5.41) is 11.2. The van der Waals surface area contributed by atoms with Gasteiger partial charge in [0.05, 0.1) is 11.4 Å². The number of sulfonamides is 1. The van der Waals surface area contributed by atoms with Crippen LogP contribution in [0.1, 0.15) is 43.7 Å². The first-order valence-electron chi connectivity index (χ1n) is 11.3. The average molecular weight is 466 g/mol. The molecule has 0 radical (unpaired) electrons. The third-order valence-corrected chi connectivity index (χ3v) is 7.39. The van der Waals surface area contributed by atoms with Gasteiger partial charge in [-0.25, -0.2) is 18.4 Å². The zero-order chi connectivity index (χ0) is 23.3. The number of primary sulfonamides is 1. The zero-order valence-electron chi connectivity index (χ0n) is 19.0. The Balaban J connectivity index is 1.39. The van der Waals surface area contributed by atoms with E-state index in [0.29, 0.717) is 45.3 Å². The van der Waals surface area contributed by atoms with Gasteiger partial charge in [-0.3, -0.25) is 9.69 Å². The minimum absolute atomic E-state index is 0.0586. The Morgan fingerprint density at radius 1 is 1.09 bits per heavy atom. The van der Waals surface area contributed by atoms with Gasteiger partial charge in [0.15, 0.2) is 0 Å². The van der Waals surface area contributed by atoms with Crippen LogP contribution in [0.25, 0.3) is 0 Å². The molecule has 1 heterocycles. The van der Waals surface area contributed by atoms with E-state index >= 15 is 0 Å². The van der Waals surface area contributed by atoms with Gasteiger partial charge in [-0.05, 0) is 61.8 Å². The molecule has 32 heavy (non-hydrogen) atoms. The van der Waals surface area contributed by atoms with E-state index in [4.69, 9.17) is 5.14 Å². The molecule has 1 aliphatic heterocycles. The predicted octanol–water partition coefficient (Wildman–Crippen LogP) is 1.16. The van der Waals surface area contributed by atoms with Crippen molar-refractivity contribution in [3.63, 3.8) is 0 Å². The Hall–Kier alpha value is -2.17. The number of nitrogens with one attached hydrogen (secondary N) is 2. The molecule has 0 atom stereocenters. The fraction of sp³-hybridized carbons (Fsp3) is 0.636. The van der Waals surface area contributed by atoms with Gasteiger partial charge in [-0.1, -0.05) is 13.0 Å². The van der Waals surface area contributed by atoms with Crippen molar-refractivity contribution in [2.24, 2.45) is 11.1 Å². The first kappa shape index (κ1) is 24.5. The number of benzene rings is 1. The van der Waals surface area contributed by atoms with Gasteiger partial charge in [0.1, 0.15) is 0 Å².